The first-order valence-electron chi connectivity index (χ1n) is 15.3. The molecule has 4 N–H and O–H groups in total. The van der Waals surface area contributed by atoms with Gasteiger partial charge in [0.2, 0.25) is 0 Å². The fourth-order valence-corrected chi connectivity index (χ4v) is 4.72. The highest BCUT2D eigenvalue weighted by atomic mass is 16.3. The van der Waals surface area contributed by atoms with Crippen LogP contribution in [0.25, 0.3) is 11.1 Å². The van der Waals surface area contributed by atoms with Gasteiger partial charge in [0, 0.05) is 5.56 Å². The Labute approximate surface area is 266 Å². The SMILES string of the molecule is CC(C)(C)c1ccc(O)c(C(C)(C)C)c1.CC(C)(C)c1cccc(C(C)(C)C)c1O.Oc1ccc(-c2ccccc2O)cc1. The average Bonchev–Trinajstić information content (AvgIpc) is 2.88. The number of hydrogen-bond donors (Lipinski definition) is 4. The number of aromatic hydroxyl groups is 4. The van der Waals surface area contributed by atoms with E-state index >= 15 is 0 Å². The molecule has 0 unspecified atom stereocenters. The minimum absolute atomic E-state index is 0.00859. The predicted octanol–water partition coefficient (Wildman–Crippen LogP) is 10.7. The minimum atomic E-state index is -0.00859. The zero-order chi connectivity index (χ0) is 33.7. The predicted molar refractivity (Wildman–Crippen MR) is 186 cm³/mol. The molecule has 0 bridgehead atoms. The van der Waals surface area contributed by atoms with Gasteiger partial charge >= 0.3 is 0 Å². The molecule has 0 saturated heterocycles. The van der Waals surface area contributed by atoms with Crippen LogP contribution in [0.3, 0.4) is 0 Å². The number of benzene rings is 4. The second-order valence-electron chi connectivity index (χ2n) is 15.5. The van der Waals surface area contributed by atoms with E-state index in [9.17, 15) is 15.3 Å². The molecule has 0 aliphatic heterocycles. The van der Waals surface area contributed by atoms with Crippen molar-refractivity contribution in [1.29, 1.82) is 0 Å². The summed E-state index contributed by atoms with van der Waals surface area (Å²) in [6.45, 7) is 25.6. The minimum Gasteiger partial charge on any atom is -0.508 e. The van der Waals surface area contributed by atoms with Gasteiger partial charge in [-0.25, -0.2) is 0 Å². The molecule has 0 aromatic heterocycles. The molecule has 0 spiro atoms. The van der Waals surface area contributed by atoms with Gasteiger partial charge in [-0.15, -0.1) is 0 Å². The van der Waals surface area contributed by atoms with Gasteiger partial charge in [0.05, 0.1) is 0 Å². The lowest BCUT2D eigenvalue weighted by Crippen LogP contribution is -2.16. The lowest BCUT2D eigenvalue weighted by atomic mass is 9.80. The van der Waals surface area contributed by atoms with Gasteiger partial charge in [-0.1, -0.05) is 144 Å². The van der Waals surface area contributed by atoms with Crippen molar-refractivity contribution in [3.8, 4) is 34.1 Å². The Morgan fingerprint density at radius 3 is 1.32 bits per heavy atom. The highest BCUT2D eigenvalue weighted by Crippen LogP contribution is 2.38. The quantitative estimate of drug-likeness (QED) is 0.176. The number of hydrogen-bond acceptors (Lipinski definition) is 4. The van der Waals surface area contributed by atoms with Gasteiger partial charge < -0.3 is 20.4 Å². The first-order valence-corrected chi connectivity index (χ1v) is 15.3. The van der Waals surface area contributed by atoms with Crippen LogP contribution in [-0.2, 0) is 21.7 Å². The maximum absolute atomic E-state index is 10.3. The second kappa shape index (κ2) is 13.8. The Hall–Kier alpha value is -3.92. The Morgan fingerprint density at radius 2 is 0.886 bits per heavy atom. The van der Waals surface area contributed by atoms with E-state index in [0.29, 0.717) is 11.5 Å². The normalized spacial score (nSPS) is 12.0. The molecule has 4 aromatic rings. The van der Waals surface area contributed by atoms with E-state index in [1.54, 1.807) is 42.5 Å². The molecule has 4 rings (SSSR count). The molecule has 0 radical (unpaired) electrons. The molecule has 4 aromatic carbocycles. The summed E-state index contributed by atoms with van der Waals surface area (Å²) in [6, 6.07) is 25.8. The third-order valence-corrected chi connectivity index (χ3v) is 7.41. The van der Waals surface area contributed by atoms with Crippen LogP contribution >= 0.6 is 0 Å². The van der Waals surface area contributed by atoms with E-state index in [4.69, 9.17) is 5.11 Å². The fraction of sp³-hybridized carbons (Fsp3) is 0.400. The highest BCUT2D eigenvalue weighted by molar-refractivity contribution is 5.70. The summed E-state index contributed by atoms with van der Waals surface area (Å²) in [5, 5.41) is 38.8. The van der Waals surface area contributed by atoms with Crippen LogP contribution in [0.1, 0.15) is 105 Å². The van der Waals surface area contributed by atoms with Crippen LogP contribution in [0.5, 0.6) is 23.0 Å². The topological polar surface area (TPSA) is 80.9 Å². The number of para-hydroxylation sites is 2. The van der Waals surface area contributed by atoms with Crippen molar-refractivity contribution in [2.24, 2.45) is 0 Å². The number of rotatable bonds is 1. The number of phenolic OH excluding ortho intramolecular Hbond substituents is 4. The van der Waals surface area contributed by atoms with Crippen molar-refractivity contribution in [3.05, 3.63) is 107 Å². The van der Waals surface area contributed by atoms with Crippen molar-refractivity contribution in [2.45, 2.75) is 105 Å². The summed E-state index contributed by atoms with van der Waals surface area (Å²) < 4.78 is 0. The maximum atomic E-state index is 10.3. The van der Waals surface area contributed by atoms with Gasteiger partial charge in [0.25, 0.3) is 0 Å². The molecule has 0 saturated carbocycles. The zero-order valence-corrected chi connectivity index (χ0v) is 28.9. The van der Waals surface area contributed by atoms with Crippen molar-refractivity contribution in [2.75, 3.05) is 0 Å². The van der Waals surface area contributed by atoms with Crippen LogP contribution in [0.4, 0.5) is 0 Å². The average molecular weight is 599 g/mol. The Bertz CT molecular complexity index is 1450. The molecular formula is C40H54O4. The van der Waals surface area contributed by atoms with E-state index in [0.717, 1.165) is 27.8 Å². The van der Waals surface area contributed by atoms with Crippen LogP contribution in [0.2, 0.25) is 0 Å². The smallest absolute Gasteiger partial charge is 0.123 e. The molecule has 0 aliphatic rings. The molecule has 44 heavy (non-hydrogen) atoms. The second-order valence-corrected chi connectivity index (χ2v) is 15.5. The molecule has 0 fully saturated rings. The molecular weight excluding hydrogens is 544 g/mol. The van der Waals surface area contributed by atoms with E-state index in [1.807, 2.05) is 36.4 Å². The molecule has 0 heterocycles. The van der Waals surface area contributed by atoms with Crippen LogP contribution in [-0.4, -0.2) is 20.4 Å². The lowest BCUT2D eigenvalue weighted by Gasteiger charge is -2.26. The Morgan fingerprint density at radius 1 is 0.409 bits per heavy atom. The third-order valence-electron chi connectivity index (χ3n) is 7.41. The standard InChI is InChI=1S/2C14H22O.C12H10O2/c1-13(2,3)10-7-8-12(15)11(9-10)14(4,5)6;1-13(2,3)10-8-7-9-11(12(10)15)14(4,5)6;13-10-7-5-9(6-8-10)11-3-1-2-4-12(11)14/h2*7-9,15H,1-6H3;1-8,13-14H. The van der Waals surface area contributed by atoms with Crippen molar-refractivity contribution < 1.29 is 20.4 Å². The van der Waals surface area contributed by atoms with E-state index in [2.05, 4.69) is 89.2 Å². The van der Waals surface area contributed by atoms with Crippen molar-refractivity contribution >= 4 is 0 Å². The molecule has 0 atom stereocenters. The van der Waals surface area contributed by atoms with Gasteiger partial charge in [-0.3, -0.25) is 0 Å². The number of phenols is 4. The van der Waals surface area contributed by atoms with Gasteiger partial charge in [-0.05, 0) is 73.7 Å². The van der Waals surface area contributed by atoms with Crippen molar-refractivity contribution in [1.82, 2.24) is 0 Å². The van der Waals surface area contributed by atoms with Crippen LogP contribution in [0, 0.1) is 0 Å². The molecule has 0 amide bonds. The molecule has 238 valence electrons. The zero-order valence-electron chi connectivity index (χ0n) is 28.9. The Balaban J connectivity index is 0.000000230. The first-order chi connectivity index (χ1) is 20.0. The lowest BCUT2D eigenvalue weighted by molar-refractivity contribution is 0.423. The maximum Gasteiger partial charge on any atom is 0.123 e. The van der Waals surface area contributed by atoms with E-state index in [1.165, 1.54) is 5.56 Å². The van der Waals surface area contributed by atoms with Crippen LogP contribution in [0.15, 0.2) is 84.9 Å². The van der Waals surface area contributed by atoms with Gasteiger partial charge in [0.15, 0.2) is 0 Å². The van der Waals surface area contributed by atoms with Gasteiger partial charge in [0.1, 0.15) is 23.0 Å². The first kappa shape index (κ1) is 36.3. The monoisotopic (exact) mass is 598 g/mol. The highest BCUT2D eigenvalue weighted by Gasteiger charge is 2.25. The third kappa shape index (κ3) is 10.1. The summed E-state index contributed by atoms with van der Waals surface area (Å²) in [5.41, 5.74) is 6.11. The molecule has 4 nitrogen and oxygen atoms in total. The van der Waals surface area contributed by atoms with Crippen LogP contribution < -0.4 is 0 Å². The van der Waals surface area contributed by atoms with Crippen molar-refractivity contribution in [3.63, 3.8) is 0 Å². The summed E-state index contributed by atoms with van der Waals surface area (Å²) in [4.78, 5) is 0. The molecule has 0 aliphatic carbocycles. The summed E-state index contributed by atoms with van der Waals surface area (Å²) >= 11 is 0. The fourth-order valence-electron chi connectivity index (χ4n) is 4.72. The Kier molecular flexibility index (Phi) is 11.4. The largest absolute Gasteiger partial charge is 0.508 e. The van der Waals surface area contributed by atoms with Gasteiger partial charge in [-0.2, -0.15) is 0 Å². The summed E-state index contributed by atoms with van der Waals surface area (Å²) in [5.74, 6) is 1.33. The van der Waals surface area contributed by atoms with E-state index < -0.39 is 0 Å². The molecule has 4 heteroatoms. The van der Waals surface area contributed by atoms with E-state index in [-0.39, 0.29) is 33.2 Å². The summed E-state index contributed by atoms with van der Waals surface area (Å²) in [7, 11) is 0. The summed E-state index contributed by atoms with van der Waals surface area (Å²) in [6.07, 6.45) is 0.